The van der Waals surface area contributed by atoms with Crippen molar-refractivity contribution in [3.8, 4) is 0 Å². The molecule has 1 unspecified atom stereocenters. The minimum absolute atomic E-state index is 0. The monoisotopic (exact) mass is 610 g/mol. The maximum absolute atomic E-state index is 11.0. The normalized spacial score (nSPS) is 12.5. The molecular formula is C35H71NaO4S. The van der Waals surface area contributed by atoms with E-state index in [1.807, 2.05) is 0 Å². The van der Waals surface area contributed by atoms with Gasteiger partial charge >= 0.3 is 29.6 Å². The molecule has 0 radical (unpaired) electrons. The minimum atomic E-state index is -4.59. The van der Waals surface area contributed by atoms with Gasteiger partial charge in [0.1, 0.15) is 0 Å². The first-order chi connectivity index (χ1) is 19.5. The Kier molecular flexibility index (Phi) is 37.9. The number of rotatable bonds is 34. The molecule has 0 rings (SSSR count). The standard InChI is InChI=1S/C35H72O4S.Na/c1-3-5-7-9-11-13-15-17-18-19-21-23-25-27-29-31-33-35(34-39-40(36,37)38)32-30-28-26-24-22-20-16-14-12-10-8-6-4-2;/h35H,3-34H2,1-2H3,(H,36,37,38);/q;+1/p-1. The molecule has 1 atom stereocenters. The van der Waals surface area contributed by atoms with E-state index in [-0.39, 0.29) is 42.1 Å². The third-order valence-electron chi connectivity index (χ3n) is 8.63. The molecule has 0 aromatic rings. The molecule has 0 aliphatic carbocycles. The Hall–Kier alpha value is 0.870. The first kappa shape index (κ1) is 44.0. The Morgan fingerprint density at radius 3 is 0.878 bits per heavy atom. The maximum Gasteiger partial charge on any atom is 1.00 e. The Balaban J connectivity index is 0. The van der Waals surface area contributed by atoms with Gasteiger partial charge in [0.05, 0.1) is 6.61 Å². The predicted molar refractivity (Wildman–Crippen MR) is 174 cm³/mol. The second-order valence-electron chi connectivity index (χ2n) is 12.7. The third-order valence-corrected chi connectivity index (χ3v) is 9.05. The fourth-order valence-corrected chi connectivity index (χ4v) is 6.28. The molecule has 0 aromatic carbocycles. The number of hydrogen-bond donors (Lipinski definition) is 0. The number of hydrogen-bond acceptors (Lipinski definition) is 4. The maximum atomic E-state index is 11.0. The van der Waals surface area contributed by atoms with Crippen molar-refractivity contribution in [2.75, 3.05) is 6.61 Å². The van der Waals surface area contributed by atoms with Crippen LogP contribution >= 0.6 is 0 Å². The summed E-state index contributed by atoms with van der Waals surface area (Å²) >= 11 is 0. The van der Waals surface area contributed by atoms with Crippen molar-refractivity contribution < 1.29 is 46.7 Å². The molecule has 0 heterocycles. The van der Waals surface area contributed by atoms with Crippen molar-refractivity contribution in [2.24, 2.45) is 5.92 Å². The predicted octanol–water partition coefficient (Wildman–Crippen LogP) is 9.22. The fourth-order valence-electron chi connectivity index (χ4n) is 5.92. The zero-order valence-electron chi connectivity index (χ0n) is 28.2. The molecule has 0 fully saturated rings. The van der Waals surface area contributed by atoms with Crippen molar-refractivity contribution >= 4 is 10.4 Å². The van der Waals surface area contributed by atoms with Crippen LogP contribution in [0.1, 0.15) is 213 Å². The van der Waals surface area contributed by atoms with Gasteiger partial charge in [-0.05, 0) is 18.8 Å². The Morgan fingerprint density at radius 1 is 0.439 bits per heavy atom. The van der Waals surface area contributed by atoms with Gasteiger partial charge < -0.3 is 4.55 Å². The van der Waals surface area contributed by atoms with Gasteiger partial charge in [0.2, 0.25) is 10.4 Å². The summed E-state index contributed by atoms with van der Waals surface area (Å²) in [7, 11) is -4.59. The smallest absolute Gasteiger partial charge is 0.726 e. The van der Waals surface area contributed by atoms with Gasteiger partial charge in [0.25, 0.3) is 0 Å². The Bertz CT molecular complexity index is 585. The van der Waals surface area contributed by atoms with Crippen LogP contribution in [0, 0.1) is 5.92 Å². The summed E-state index contributed by atoms with van der Waals surface area (Å²) in [5.74, 6) is 0.197. The summed E-state index contributed by atoms with van der Waals surface area (Å²) < 4.78 is 37.6. The molecule has 0 amide bonds. The summed E-state index contributed by atoms with van der Waals surface area (Å²) in [5, 5.41) is 0. The van der Waals surface area contributed by atoms with Crippen molar-refractivity contribution in [2.45, 2.75) is 213 Å². The summed E-state index contributed by atoms with van der Waals surface area (Å²) in [4.78, 5) is 0. The largest absolute Gasteiger partial charge is 1.00 e. The second kappa shape index (κ2) is 35.4. The summed E-state index contributed by atoms with van der Waals surface area (Å²) in [6.07, 6.45) is 41.0. The molecule has 0 aromatic heterocycles. The van der Waals surface area contributed by atoms with E-state index in [1.54, 1.807) is 0 Å². The van der Waals surface area contributed by atoms with Crippen LogP contribution in [0.15, 0.2) is 0 Å². The molecular weight excluding hydrogens is 539 g/mol. The van der Waals surface area contributed by atoms with Crippen LogP contribution < -0.4 is 29.6 Å². The van der Waals surface area contributed by atoms with E-state index in [1.165, 1.54) is 173 Å². The van der Waals surface area contributed by atoms with E-state index < -0.39 is 10.4 Å². The zero-order chi connectivity index (χ0) is 29.4. The van der Waals surface area contributed by atoms with Crippen LogP contribution in [-0.4, -0.2) is 19.6 Å². The molecule has 0 aliphatic heterocycles. The van der Waals surface area contributed by atoms with Gasteiger partial charge in [-0.2, -0.15) is 0 Å². The van der Waals surface area contributed by atoms with E-state index in [2.05, 4.69) is 18.0 Å². The summed E-state index contributed by atoms with van der Waals surface area (Å²) in [6.45, 7) is 4.62. The molecule has 0 saturated heterocycles. The van der Waals surface area contributed by atoms with Crippen molar-refractivity contribution in [1.82, 2.24) is 0 Å². The first-order valence-electron chi connectivity index (χ1n) is 18.1. The molecule has 0 bridgehead atoms. The summed E-state index contributed by atoms with van der Waals surface area (Å²) in [5.41, 5.74) is 0. The van der Waals surface area contributed by atoms with Crippen molar-refractivity contribution in [3.05, 3.63) is 0 Å². The summed E-state index contributed by atoms with van der Waals surface area (Å²) in [6, 6.07) is 0. The molecule has 0 saturated carbocycles. The fraction of sp³-hybridized carbons (Fsp3) is 1.00. The van der Waals surface area contributed by atoms with Crippen molar-refractivity contribution in [3.63, 3.8) is 0 Å². The minimum Gasteiger partial charge on any atom is -0.726 e. The van der Waals surface area contributed by atoms with Gasteiger partial charge in [-0.15, -0.1) is 0 Å². The molecule has 4 nitrogen and oxygen atoms in total. The van der Waals surface area contributed by atoms with Crippen LogP contribution in [0.25, 0.3) is 0 Å². The second-order valence-corrected chi connectivity index (χ2v) is 13.7. The third kappa shape index (κ3) is 38.8. The Labute approximate surface area is 281 Å². The average molecular weight is 611 g/mol. The van der Waals surface area contributed by atoms with Crippen LogP contribution in [0.2, 0.25) is 0 Å². The van der Waals surface area contributed by atoms with Crippen LogP contribution in [0.3, 0.4) is 0 Å². The van der Waals surface area contributed by atoms with Gasteiger partial charge in [-0.1, -0.05) is 200 Å². The molecule has 41 heavy (non-hydrogen) atoms. The molecule has 0 spiro atoms. The van der Waals surface area contributed by atoms with Crippen LogP contribution in [0.4, 0.5) is 0 Å². The zero-order valence-corrected chi connectivity index (χ0v) is 31.1. The SMILES string of the molecule is CCCCCCCCCCCCCCCCCCC(CCCCCCCCCCCCCCC)COS(=O)(=O)[O-].[Na+]. The van der Waals surface area contributed by atoms with E-state index in [0.29, 0.717) is 0 Å². The average Bonchev–Trinajstić information content (AvgIpc) is 2.93. The molecule has 6 heteroatoms. The van der Waals surface area contributed by atoms with E-state index in [0.717, 1.165) is 25.7 Å². The van der Waals surface area contributed by atoms with Gasteiger partial charge in [-0.3, -0.25) is 4.18 Å². The Morgan fingerprint density at radius 2 is 0.659 bits per heavy atom. The molecule has 0 N–H and O–H groups in total. The van der Waals surface area contributed by atoms with Gasteiger partial charge in [0.15, 0.2) is 0 Å². The topological polar surface area (TPSA) is 66.4 Å². The molecule has 242 valence electrons. The van der Waals surface area contributed by atoms with Crippen molar-refractivity contribution in [1.29, 1.82) is 0 Å². The van der Waals surface area contributed by atoms with Gasteiger partial charge in [0, 0.05) is 0 Å². The van der Waals surface area contributed by atoms with E-state index >= 15 is 0 Å². The number of unbranched alkanes of at least 4 members (excludes halogenated alkanes) is 27. The molecule has 0 aliphatic rings. The van der Waals surface area contributed by atoms with Crippen LogP contribution in [0.5, 0.6) is 0 Å². The quantitative estimate of drug-likeness (QED) is 0.0315. The first-order valence-corrected chi connectivity index (χ1v) is 19.4. The van der Waals surface area contributed by atoms with Gasteiger partial charge in [-0.25, -0.2) is 8.42 Å². The van der Waals surface area contributed by atoms with E-state index in [4.69, 9.17) is 0 Å². The van der Waals surface area contributed by atoms with E-state index in [9.17, 15) is 13.0 Å². The van der Waals surface area contributed by atoms with Crippen LogP contribution in [-0.2, 0) is 14.6 Å².